The minimum atomic E-state index is -0.349. The lowest BCUT2D eigenvalue weighted by molar-refractivity contribution is 0.171. The summed E-state index contributed by atoms with van der Waals surface area (Å²) in [6, 6.07) is 15.3. The molecule has 1 aliphatic carbocycles. The number of para-hydroxylation sites is 1. The number of benzene rings is 2. The molecule has 27 heavy (non-hydrogen) atoms. The van der Waals surface area contributed by atoms with E-state index >= 15 is 0 Å². The van der Waals surface area contributed by atoms with Crippen LogP contribution in [0, 0.1) is 0 Å². The maximum absolute atomic E-state index is 12.7. The van der Waals surface area contributed by atoms with Crippen molar-refractivity contribution < 1.29 is 14.3 Å². The van der Waals surface area contributed by atoms with Crippen molar-refractivity contribution in [1.82, 2.24) is 10.3 Å². The molecule has 6 nitrogen and oxygen atoms in total. The Morgan fingerprint density at radius 2 is 1.81 bits per heavy atom. The van der Waals surface area contributed by atoms with Crippen LogP contribution in [0.3, 0.4) is 0 Å². The van der Waals surface area contributed by atoms with Crippen LogP contribution in [0.2, 0.25) is 0 Å². The molecule has 1 saturated carbocycles. The van der Waals surface area contributed by atoms with Crippen molar-refractivity contribution in [2.45, 2.75) is 18.4 Å². The topological polar surface area (TPSA) is 72.5 Å². The molecule has 6 heteroatoms. The van der Waals surface area contributed by atoms with E-state index in [1.165, 1.54) is 0 Å². The number of hydrogen-bond acceptors (Lipinski definition) is 4. The number of hydrogen-bond donors (Lipinski definition) is 2. The summed E-state index contributed by atoms with van der Waals surface area (Å²) in [5.74, 6) is 1.50. The Morgan fingerprint density at radius 3 is 2.67 bits per heavy atom. The van der Waals surface area contributed by atoms with E-state index in [-0.39, 0.29) is 11.6 Å². The lowest BCUT2D eigenvalue weighted by Crippen LogP contribution is -2.38. The van der Waals surface area contributed by atoms with E-state index in [9.17, 15) is 4.79 Å². The summed E-state index contributed by atoms with van der Waals surface area (Å²) in [6.45, 7) is 1.11. The number of nitrogens with one attached hydrogen (secondary N) is 2. The summed E-state index contributed by atoms with van der Waals surface area (Å²) >= 11 is 0. The van der Waals surface area contributed by atoms with Gasteiger partial charge in [-0.15, -0.1) is 0 Å². The monoisotopic (exact) mass is 361 g/mol. The van der Waals surface area contributed by atoms with Crippen LogP contribution < -0.4 is 20.1 Å². The summed E-state index contributed by atoms with van der Waals surface area (Å²) in [5, 5.41) is 7.06. The van der Waals surface area contributed by atoms with Crippen LogP contribution in [0.5, 0.6) is 11.5 Å². The van der Waals surface area contributed by atoms with Crippen LogP contribution >= 0.6 is 0 Å². The van der Waals surface area contributed by atoms with Crippen molar-refractivity contribution in [1.29, 1.82) is 0 Å². The first-order valence-electron chi connectivity index (χ1n) is 9.07. The van der Waals surface area contributed by atoms with E-state index < -0.39 is 0 Å². The van der Waals surface area contributed by atoms with E-state index in [0.29, 0.717) is 18.9 Å². The molecule has 2 aromatic carbocycles. The molecule has 1 aliphatic heterocycles. The molecule has 0 unspecified atom stereocenters. The Kier molecular flexibility index (Phi) is 3.63. The summed E-state index contributed by atoms with van der Waals surface area (Å²) in [4.78, 5) is 17.0. The first-order chi connectivity index (χ1) is 13.2. The number of carbonyl (C=O) groups excluding carboxylic acids is 1. The molecule has 0 spiro atoms. The highest BCUT2D eigenvalue weighted by atomic mass is 16.6. The molecule has 0 radical (unpaired) electrons. The molecule has 2 amide bonds. The van der Waals surface area contributed by atoms with E-state index in [2.05, 4.69) is 15.6 Å². The Labute approximate surface area is 156 Å². The smallest absolute Gasteiger partial charge is 0.320 e. The fourth-order valence-electron chi connectivity index (χ4n) is 3.53. The first kappa shape index (κ1) is 15.9. The zero-order valence-corrected chi connectivity index (χ0v) is 14.7. The van der Waals surface area contributed by atoms with Crippen molar-refractivity contribution in [2.24, 2.45) is 0 Å². The summed E-state index contributed by atoms with van der Waals surface area (Å²) < 4.78 is 11.3. The van der Waals surface area contributed by atoms with Gasteiger partial charge in [0, 0.05) is 11.6 Å². The highest BCUT2D eigenvalue weighted by molar-refractivity contribution is 5.99. The average molecular weight is 361 g/mol. The molecule has 2 aliphatic rings. The zero-order valence-electron chi connectivity index (χ0n) is 14.7. The van der Waals surface area contributed by atoms with Crippen LogP contribution in [0.1, 0.15) is 18.4 Å². The predicted octanol–water partition coefficient (Wildman–Crippen LogP) is 3.82. The van der Waals surface area contributed by atoms with Gasteiger partial charge in [-0.2, -0.15) is 0 Å². The molecule has 2 heterocycles. The van der Waals surface area contributed by atoms with Gasteiger partial charge in [-0.3, -0.25) is 4.98 Å². The van der Waals surface area contributed by atoms with Crippen molar-refractivity contribution in [3.8, 4) is 11.5 Å². The minimum absolute atomic E-state index is 0.236. The van der Waals surface area contributed by atoms with Crippen LogP contribution in [0.15, 0.2) is 54.7 Å². The molecule has 2 N–H and O–H groups in total. The van der Waals surface area contributed by atoms with Crippen LogP contribution in [-0.4, -0.2) is 24.2 Å². The van der Waals surface area contributed by atoms with Gasteiger partial charge in [-0.25, -0.2) is 4.79 Å². The number of nitrogens with zero attached hydrogens (tertiary/aromatic N) is 1. The second kappa shape index (κ2) is 6.16. The summed E-state index contributed by atoms with van der Waals surface area (Å²) in [5.41, 5.74) is 2.17. The van der Waals surface area contributed by atoms with Crippen molar-refractivity contribution in [2.75, 3.05) is 18.5 Å². The average Bonchev–Trinajstić information content (AvgIpc) is 3.48. The third-order valence-corrected chi connectivity index (χ3v) is 5.08. The number of amides is 2. The molecule has 136 valence electrons. The molecule has 1 aromatic heterocycles. The maximum atomic E-state index is 12.7. The molecule has 5 rings (SSSR count). The third kappa shape index (κ3) is 2.93. The Bertz CT molecular complexity index is 1020. The number of aromatic nitrogens is 1. The standard InChI is InChI=1S/C21H19N3O3/c25-20(23-16-5-1-3-14-4-2-10-22-19(14)16)24-21(8-9-21)15-6-7-17-18(13-15)27-12-11-26-17/h1-7,10,13H,8-9,11-12H2,(H2,23,24,25). The van der Waals surface area contributed by atoms with Gasteiger partial charge < -0.3 is 20.1 Å². The van der Waals surface area contributed by atoms with Crippen molar-refractivity contribution >= 4 is 22.6 Å². The van der Waals surface area contributed by atoms with Gasteiger partial charge in [0.25, 0.3) is 0 Å². The highest BCUT2D eigenvalue weighted by Gasteiger charge is 2.46. The van der Waals surface area contributed by atoms with Gasteiger partial charge in [-0.05, 0) is 42.7 Å². The predicted molar refractivity (Wildman–Crippen MR) is 102 cm³/mol. The number of fused-ring (bicyclic) bond motifs is 2. The third-order valence-electron chi connectivity index (χ3n) is 5.08. The second-order valence-corrected chi connectivity index (χ2v) is 6.90. The van der Waals surface area contributed by atoms with Crippen LogP contribution in [0.4, 0.5) is 10.5 Å². The van der Waals surface area contributed by atoms with Gasteiger partial charge >= 0.3 is 6.03 Å². The SMILES string of the molecule is O=C(Nc1cccc2cccnc12)NC1(c2ccc3c(c2)OCCO3)CC1. The van der Waals surface area contributed by atoms with Gasteiger partial charge in [0.2, 0.25) is 0 Å². The number of ether oxygens (including phenoxy) is 2. The Hall–Kier alpha value is -3.28. The van der Waals surface area contributed by atoms with Crippen LogP contribution in [0.25, 0.3) is 10.9 Å². The quantitative estimate of drug-likeness (QED) is 0.744. The Balaban J connectivity index is 1.36. The number of urea groups is 1. The van der Waals surface area contributed by atoms with Crippen LogP contribution in [-0.2, 0) is 5.54 Å². The molecular weight excluding hydrogens is 342 g/mol. The Morgan fingerprint density at radius 1 is 1.00 bits per heavy atom. The van der Waals surface area contributed by atoms with E-state index in [1.807, 2.05) is 48.5 Å². The zero-order chi connectivity index (χ0) is 18.3. The fraction of sp³-hybridized carbons (Fsp3) is 0.238. The number of carbonyl (C=O) groups is 1. The number of rotatable bonds is 3. The molecule has 0 saturated heterocycles. The minimum Gasteiger partial charge on any atom is -0.486 e. The normalized spacial score (nSPS) is 16.6. The second-order valence-electron chi connectivity index (χ2n) is 6.90. The molecular formula is C21H19N3O3. The van der Waals surface area contributed by atoms with E-state index in [4.69, 9.17) is 9.47 Å². The summed E-state index contributed by atoms with van der Waals surface area (Å²) in [7, 11) is 0. The van der Waals surface area contributed by atoms with Gasteiger partial charge in [0.1, 0.15) is 13.2 Å². The number of pyridine rings is 1. The maximum Gasteiger partial charge on any atom is 0.320 e. The van der Waals surface area contributed by atoms with Gasteiger partial charge in [-0.1, -0.05) is 24.3 Å². The fourth-order valence-corrected chi connectivity index (χ4v) is 3.53. The summed E-state index contributed by atoms with van der Waals surface area (Å²) in [6.07, 6.45) is 3.52. The number of anilines is 1. The molecule has 3 aromatic rings. The van der Waals surface area contributed by atoms with E-state index in [1.54, 1.807) is 6.20 Å². The van der Waals surface area contributed by atoms with Crippen molar-refractivity contribution in [3.63, 3.8) is 0 Å². The van der Waals surface area contributed by atoms with E-state index in [0.717, 1.165) is 40.8 Å². The highest BCUT2D eigenvalue weighted by Crippen LogP contribution is 2.47. The van der Waals surface area contributed by atoms with Gasteiger partial charge in [0.05, 0.1) is 16.7 Å². The lowest BCUT2D eigenvalue weighted by Gasteiger charge is -2.23. The van der Waals surface area contributed by atoms with Gasteiger partial charge in [0.15, 0.2) is 11.5 Å². The lowest BCUT2D eigenvalue weighted by atomic mass is 10.0. The van der Waals surface area contributed by atoms with Crippen molar-refractivity contribution in [3.05, 3.63) is 60.3 Å². The molecule has 1 fully saturated rings. The molecule has 0 atom stereocenters. The first-order valence-corrected chi connectivity index (χ1v) is 9.07. The molecule has 0 bridgehead atoms. The largest absolute Gasteiger partial charge is 0.486 e.